The van der Waals surface area contributed by atoms with E-state index in [-0.39, 0.29) is 5.75 Å². The summed E-state index contributed by atoms with van der Waals surface area (Å²) < 4.78 is 5.92. The maximum atomic E-state index is 9.90. The number of benzene rings is 3. The Hall–Kier alpha value is -3.11. The van der Waals surface area contributed by atoms with Crippen LogP contribution in [-0.2, 0) is 0 Å². The van der Waals surface area contributed by atoms with Crippen molar-refractivity contribution in [1.82, 2.24) is 4.98 Å². The molecule has 4 nitrogen and oxygen atoms in total. The zero-order valence-electron chi connectivity index (χ0n) is 14.9. The van der Waals surface area contributed by atoms with Crippen LogP contribution in [0.15, 0.2) is 64.0 Å². The molecule has 5 heteroatoms. The fraction of sp³-hybridized carbons (Fsp3) is 0.0909. The molecular weight excluding hydrogens is 360 g/mol. The standard InChI is InChI=1S/C22H17ClN2O2/c1-13-8-19-21(9-14(13)2)27-22(25-19)15-4-3-5-18(11-15)24-12-16-10-17(23)6-7-20(16)26/h3-12,26H,1-2H3. The van der Waals surface area contributed by atoms with E-state index in [9.17, 15) is 5.11 Å². The molecule has 1 aromatic heterocycles. The van der Waals surface area contributed by atoms with Crippen LogP contribution in [0.2, 0.25) is 5.02 Å². The van der Waals surface area contributed by atoms with Crippen LogP contribution >= 0.6 is 11.6 Å². The first-order valence-electron chi connectivity index (χ1n) is 8.50. The van der Waals surface area contributed by atoms with Crippen LogP contribution in [0.4, 0.5) is 5.69 Å². The van der Waals surface area contributed by atoms with Crippen LogP contribution in [-0.4, -0.2) is 16.3 Å². The molecule has 1 heterocycles. The molecule has 0 saturated carbocycles. The van der Waals surface area contributed by atoms with Crippen molar-refractivity contribution in [2.24, 2.45) is 4.99 Å². The molecule has 0 aliphatic rings. The number of aromatic nitrogens is 1. The van der Waals surface area contributed by atoms with E-state index in [0.29, 0.717) is 16.5 Å². The van der Waals surface area contributed by atoms with Crippen molar-refractivity contribution in [3.63, 3.8) is 0 Å². The second-order valence-corrected chi connectivity index (χ2v) is 6.87. The Balaban J connectivity index is 1.68. The number of aliphatic imine (C=N–C) groups is 1. The lowest BCUT2D eigenvalue weighted by atomic mass is 10.1. The molecule has 0 amide bonds. The molecule has 0 aliphatic heterocycles. The van der Waals surface area contributed by atoms with Gasteiger partial charge in [-0.3, -0.25) is 4.99 Å². The third kappa shape index (κ3) is 3.57. The summed E-state index contributed by atoms with van der Waals surface area (Å²) in [5.74, 6) is 0.682. The second kappa shape index (κ2) is 6.89. The summed E-state index contributed by atoms with van der Waals surface area (Å²) in [6, 6.07) is 16.5. The highest BCUT2D eigenvalue weighted by Crippen LogP contribution is 2.29. The van der Waals surface area contributed by atoms with Crippen LogP contribution in [0, 0.1) is 13.8 Å². The number of fused-ring (bicyclic) bond motifs is 1. The van der Waals surface area contributed by atoms with Gasteiger partial charge in [-0.05, 0) is 73.5 Å². The summed E-state index contributed by atoms with van der Waals surface area (Å²) in [7, 11) is 0. The van der Waals surface area contributed by atoms with Gasteiger partial charge in [0.2, 0.25) is 5.89 Å². The predicted molar refractivity (Wildman–Crippen MR) is 109 cm³/mol. The maximum Gasteiger partial charge on any atom is 0.227 e. The molecule has 3 aromatic carbocycles. The van der Waals surface area contributed by atoms with Gasteiger partial charge in [0.25, 0.3) is 0 Å². The largest absolute Gasteiger partial charge is 0.507 e. The van der Waals surface area contributed by atoms with Gasteiger partial charge in [0.15, 0.2) is 5.58 Å². The van der Waals surface area contributed by atoms with E-state index in [2.05, 4.69) is 23.8 Å². The van der Waals surface area contributed by atoms with Gasteiger partial charge < -0.3 is 9.52 Å². The van der Waals surface area contributed by atoms with Crippen molar-refractivity contribution in [2.75, 3.05) is 0 Å². The van der Waals surface area contributed by atoms with Crippen LogP contribution < -0.4 is 0 Å². The second-order valence-electron chi connectivity index (χ2n) is 6.43. The first-order valence-corrected chi connectivity index (χ1v) is 8.88. The summed E-state index contributed by atoms with van der Waals surface area (Å²) in [5, 5.41) is 10.4. The molecule has 0 spiro atoms. The van der Waals surface area contributed by atoms with E-state index in [0.717, 1.165) is 22.4 Å². The van der Waals surface area contributed by atoms with E-state index in [1.165, 1.54) is 11.1 Å². The third-order valence-corrected chi connectivity index (χ3v) is 4.67. The van der Waals surface area contributed by atoms with Crippen LogP contribution in [0.1, 0.15) is 16.7 Å². The van der Waals surface area contributed by atoms with E-state index in [1.807, 2.05) is 36.4 Å². The maximum absolute atomic E-state index is 9.90. The van der Waals surface area contributed by atoms with Gasteiger partial charge in [0, 0.05) is 22.4 Å². The highest BCUT2D eigenvalue weighted by Gasteiger charge is 2.10. The molecule has 4 aromatic rings. The fourth-order valence-electron chi connectivity index (χ4n) is 2.80. The lowest BCUT2D eigenvalue weighted by Crippen LogP contribution is -1.82. The van der Waals surface area contributed by atoms with Crippen LogP contribution in [0.5, 0.6) is 5.75 Å². The molecule has 0 atom stereocenters. The number of oxazole rings is 1. The smallest absolute Gasteiger partial charge is 0.227 e. The number of hydrogen-bond donors (Lipinski definition) is 1. The van der Waals surface area contributed by atoms with E-state index >= 15 is 0 Å². The number of rotatable bonds is 3. The van der Waals surface area contributed by atoms with Crippen molar-refractivity contribution in [1.29, 1.82) is 0 Å². The fourth-order valence-corrected chi connectivity index (χ4v) is 2.98. The molecule has 0 aliphatic carbocycles. The lowest BCUT2D eigenvalue weighted by Gasteiger charge is -2.00. The number of aromatic hydroxyl groups is 1. The van der Waals surface area contributed by atoms with Gasteiger partial charge in [-0.2, -0.15) is 0 Å². The molecular formula is C22H17ClN2O2. The zero-order valence-corrected chi connectivity index (χ0v) is 15.7. The average Bonchev–Trinajstić information content (AvgIpc) is 3.06. The first kappa shape index (κ1) is 17.3. The summed E-state index contributed by atoms with van der Waals surface area (Å²) in [6.07, 6.45) is 1.58. The Morgan fingerprint density at radius 2 is 1.85 bits per heavy atom. The van der Waals surface area contributed by atoms with Crippen molar-refractivity contribution in [3.05, 3.63) is 76.3 Å². The topological polar surface area (TPSA) is 58.6 Å². The highest BCUT2D eigenvalue weighted by atomic mass is 35.5. The van der Waals surface area contributed by atoms with Gasteiger partial charge in [0.05, 0.1) is 5.69 Å². The summed E-state index contributed by atoms with van der Waals surface area (Å²) in [4.78, 5) is 9.03. The first-order chi connectivity index (χ1) is 13.0. The number of phenolic OH excluding ortho intramolecular Hbond substituents is 1. The zero-order chi connectivity index (χ0) is 19.0. The van der Waals surface area contributed by atoms with E-state index in [1.54, 1.807) is 24.4 Å². The molecule has 0 saturated heterocycles. The molecule has 0 bridgehead atoms. The Morgan fingerprint density at radius 3 is 2.70 bits per heavy atom. The Labute approximate surface area is 161 Å². The lowest BCUT2D eigenvalue weighted by molar-refractivity contribution is 0.474. The van der Waals surface area contributed by atoms with Gasteiger partial charge in [-0.25, -0.2) is 4.98 Å². The van der Waals surface area contributed by atoms with Crippen molar-refractivity contribution in [3.8, 4) is 17.2 Å². The van der Waals surface area contributed by atoms with E-state index < -0.39 is 0 Å². The molecule has 0 radical (unpaired) electrons. The quantitative estimate of drug-likeness (QED) is 0.432. The number of halogens is 1. The van der Waals surface area contributed by atoms with Crippen LogP contribution in [0.25, 0.3) is 22.6 Å². The van der Waals surface area contributed by atoms with Crippen molar-refractivity contribution >= 4 is 34.6 Å². The van der Waals surface area contributed by atoms with Crippen molar-refractivity contribution < 1.29 is 9.52 Å². The summed E-state index contributed by atoms with van der Waals surface area (Å²) in [5.41, 5.74) is 6.08. The van der Waals surface area contributed by atoms with Crippen molar-refractivity contribution in [2.45, 2.75) is 13.8 Å². The number of hydrogen-bond acceptors (Lipinski definition) is 4. The highest BCUT2D eigenvalue weighted by molar-refractivity contribution is 6.30. The minimum absolute atomic E-state index is 0.129. The minimum Gasteiger partial charge on any atom is -0.507 e. The minimum atomic E-state index is 0.129. The molecule has 0 unspecified atom stereocenters. The monoisotopic (exact) mass is 376 g/mol. The number of nitrogens with zero attached hydrogens (tertiary/aromatic N) is 2. The Kier molecular flexibility index (Phi) is 4.42. The summed E-state index contributed by atoms with van der Waals surface area (Å²) >= 11 is 5.97. The van der Waals surface area contributed by atoms with Crippen LogP contribution in [0.3, 0.4) is 0 Å². The van der Waals surface area contributed by atoms with Gasteiger partial charge in [-0.15, -0.1) is 0 Å². The third-order valence-electron chi connectivity index (χ3n) is 4.44. The van der Waals surface area contributed by atoms with Gasteiger partial charge >= 0.3 is 0 Å². The normalized spacial score (nSPS) is 11.5. The molecule has 1 N–H and O–H groups in total. The number of phenols is 1. The molecule has 4 rings (SSSR count). The Bertz CT molecular complexity index is 1140. The molecule has 27 heavy (non-hydrogen) atoms. The average molecular weight is 377 g/mol. The van der Waals surface area contributed by atoms with Gasteiger partial charge in [-0.1, -0.05) is 17.7 Å². The SMILES string of the molecule is Cc1cc2nc(-c3cccc(N=Cc4cc(Cl)ccc4O)c3)oc2cc1C. The number of aryl methyl sites for hydroxylation is 2. The molecule has 134 valence electrons. The summed E-state index contributed by atoms with van der Waals surface area (Å²) in [6.45, 7) is 4.11. The van der Waals surface area contributed by atoms with Gasteiger partial charge in [0.1, 0.15) is 11.3 Å². The van der Waals surface area contributed by atoms with E-state index in [4.69, 9.17) is 16.0 Å². The predicted octanol–water partition coefficient (Wildman–Crippen LogP) is 6.22. The molecule has 0 fully saturated rings. The Morgan fingerprint density at radius 1 is 1.04 bits per heavy atom.